The van der Waals surface area contributed by atoms with Gasteiger partial charge >= 0.3 is 5.97 Å². The van der Waals surface area contributed by atoms with Gasteiger partial charge in [-0.05, 0) is 30.3 Å². The van der Waals surface area contributed by atoms with Crippen molar-refractivity contribution in [2.75, 3.05) is 0 Å². The third-order valence-electron chi connectivity index (χ3n) is 2.88. The fraction of sp³-hybridized carbons (Fsp3) is 0. The molecular formula is C14H9BrN4O2. The van der Waals surface area contributed by atoms with Crippen LogP contribution in [-0.2, 0) is 0 Å². The molecule has 0 aliphatic rings. The summed E-state index contributed by atoms with van der Waals surface area (Å²) in [4.78, 5) is 15.3. The van der Waals surface area contributed by atoms with Crippen LogP contribution in [0.1, 0.15) is 10.5 Å². The van der Waals surface area contributed by atoms with E-state index in [1.807, 2.05) is 24.3 Å². The predicted octanol–water partition coefficient (Wildman–Crippen LogP) is 2.79. The third kappa shape index (κ3) is 2.55. The van der Waals surface area contributed by atoms with E-state index in [0.717, 1.165) is 10.2 Å². The van der Waals surface area contributed by atoms with Crippen molar-refractivity contribution in [3.8, 4) is 16.9 Å². The smallest absolute Gasteiger partial charge is 0.358 e. The van der Waals surface area contributed by atoms with Crippen LogP contribution in [0.15, 0.2) is 53.3 Å². The van der Waals surface area contributed by atoms with E-state index >= 15 is 0 Å². The SMILES string of the molecule is O=C(O)c1nnn(-c2cccc(Br)c2)c1-c1ccncc1. The summed E-state index contributed by atoms with van der Waals surface area (Å²) in [6, 6.07) is 10.8. The van der Waals surface area contributed by atoms with Gasteiger partial charge in [0.2, 0.25) is 0 Å². The van der Waals surface area contributed by atoms with E-state index < -0.39 is 5.97 Å². The molecule has 0 amide bonds. The van der Waals surface area contributed by atoms with Crippen molar-refractivity contribution in [2.24, 2.45) is 0 Å². The molecule has 3 rings (SSSR count). The van der Waals surface area contributed by atoms with Crippen LogP contribution in [0.5, 0.6) is 0 Å². The zero-order chi connectivity index (χ0) is 14.8. The van der Waals surface area contributed by atoms with Crippen molar-refractivity contribution < 1.29 is 9.90 Å². The molecule has 0 saturated carbocycles. The molecule has 0 atom stereocenters. The molecule has 104 valence electrons. The molecule has 0 spiro atoms. The molecule has 0 saturated heterocycles. The minimum atomic E-state index is -1.12. The van der Waals surface area contributed by atoms with Crippen molar-refractivity contribution in [1.82, 2.24) is 20.0 Å². The van der Waals surface area contributed by atoms with Crippen LogP contribution in [-0.4, -0.2) is 31.1 Å². The Kier molecular flexibility index (Phi) is 3.49. The second-order valence-electron chi connectivity index (χ2n) is 4.22. The number of aromatic nitrogens is 4. The van der Waals surface area contributed by atoms with E-state index in [2.05, 4.69) is 31.2 Å². The summed E-state index contributed by atoms with van der Waals surface area (Å²) in [6.07, 6.45) is 3.19. The van der Waals surface area contributed by atoms with Gasteiger partial charge in [-0.1, -0.05) is 27.2 Å². The van der Waals surface area contributed by atoms with E-state index in [9.17, 15) is 9.90 Å². The van der Waals surface area contributed by atoms with Crippen molar-refractivity contribution >= 4 is 21.9 Å². The number of pyridine rings is 1. The number of benzene rings is 1. The molecule has 0 fully saturated rings. The van der Waals surface area contributed by atoms with Crippen LogP contribution in [0.4, 0.5) is 0 Å². The standard InChI is InChI=1S/C14H9BrN4O2/c15-10-2-1-3-11(8-10)19-13(9-4-6-16-7-5-9)12(14(20)21)17-18-19/h1-8H,(H,20,21). The van der Waals surface area contributed by atoms with Gasteiger partial charge in [0.05, 0.1) is 5.69 Å². The van der Waals surface area contributed by atoms with Gasteiger partial charge in [0.15, 0.2) is 5.69 Å². The van der Waals surface area contributed by atoms with Crippen LogP contribution in [0.2, 0.25) is 0 Å². The number of carboxylic acids is 1. The lowest BCUT2D eigenvalue weighted by molar-refractivity contribution is 0.0691. The predicted molar refractivity (Wildman–Crippen MR) is 79.2 cm³/mol. The maximum Gasteiger partial charge on any atom is 0.358 e. The highest BCUT2D eigenvalue weighted by Gasteiger charge is 2.21. The highest BCUT2D eigenvalue weighted by atomic mass is 79.9. The van der Waals surface area contributed by atoms with Crippen LogP contribution in [0.25, 0.3) is 16.9 Å². The molecule has 1 aromatic carbocycles. The number of hydrogen-bond acceptors (Lipinski definition) is 4. The number of carboxylic acid groups (broad SMARTS) is 1. The third-order valence-corrected chi connectivity index (χ3v) is 3.37. The van der Waals surface area contributed by atoms with E-state index in [1.165, 1.54) is 4.68 Å². The highest BCUT2D eigenvalue weighted by Crippen LogP contribution is 2.25. The van der Waals surface area contributed by atoms with Gasteiger partial charge in [0, 0.05) is 22.4 Å². The normalized spacial score (nSPS) is 10.5. The molecule has 1 N–H and O–H groups in total. The molecule has 3 aromatic rings. The fourth-order valence-electron chi connectivity index (χ4n) is 1.98. The van der Waals surface area contributed by atoms with E-state index in [-0.39, 0.29) is 5.69 Å². The lowest BCUT2D eigenvalue weighted by atomic mass is 10.1. The van der Waals surface area contributed by atoms with Gasteiger partial charge in [-0.15, -0.1) is 5.10 Å². The molecule has 0 unspecified atom stereocenters. The van der Waals surface area contributed by atoms with Gasteiger partial charge < -0.3 is 5.11 Å². The largest absolute Gasteiger partial charge is 0.476 e. The summed E-state index contributed by atoms with van der Waals surface area (Å²) in [5.41, 5.74) is 1.73. The first-order valence-electron chi connectivity index (χ1n) is 6.02. The number of hydrogen-bond donors (Lipinski definition) is 1. The Balaban J connectivity index is 2.25. The Labute approximate surface area is 128 Å². The van der Waals surface area contributed by atoms with Crippen molar-refractivity contribution in [3.63, 3.8) is 0 Å². The second kappa shape index (κ2) is 5.45. The van der Waals surface area contributed by atoms with Crippen LogP contribution in [0, 0.1) is 0 Å². The molecule has 2 aromatic heterocycles. The van der Waals surface area contributed by atoms with Gasteiger partial charge in [0.25, 0.3) is 0 Å². The lowest BCUT2D eigenvalue weighted by Crippen LogP contribution is -2.03. The first-order valence-corrected chi connectivity index (χ1v) is 6.81. The monoisotopic (exact) mass is 344 g/mol. The fourth-order valence-corrected chi connectivity index (χ4v) is 2.37. The van der Waals surface area contributed by atoms with E-state index in [0.29, 0.717) is 11.3 Å². The summed E-state index contributed by atoms with van der Waals surface area (Å²) in [5.74, 6) is -1.12. The maximum absolute atomic E-state index is 11.4. The molecular weight excluding hydrogens is 336 g/mol. The van der Waals surface area contributed by atoms with E-state index in [4.69, 9.17) is 0 Å². The summed E-state index contributed by atoms with van der Waals surface area (Å²) in [6.45, 7) is 0. The molecule has 0 aliphatic carbocycles. The molecule has 21 heavy (non-hydrogen) atoms. The first kappa shape index (κ1) is 13.4. The quantitative estimate of drug-likeness (QED) is 0.789. The average Bonchev–Trinajstić information content (AvgIpc) is 2.93. The minimum absolute atomic E-state index is 0.0961. The highest BCUT2D eigenvalue weighted by molar-refractivity contribution is 9.10. The molecule has 6 nitrogen and oxygen atoms in total. The Bertz CT molecular complexity index is 802. The van der Waals surface area contributed by atoms with Crippen molar-refractivity contribution in [1.29, 1.82) is 0 Å². The maximum atomic E-state index is 11.4. The van der Waals surface area contributed by atoms with Gasteiger partial charge in [0.1, 0.15) is 5.69 Å². The van der Waals surface area contributed by atoms with Crippen LogP contribution in [0.3, 0.4) is 0 Å². The average molecular weight is 345 g/mol. The summed E-state index contributed by atoms with van der Waals surface area (Å²) < 4.78 is 2.37. The Morgan fingerprint density at radius 2 is 1.95 bits per heavy atom. The van der Waals surface area contributed by atoms with Crippen LogP contribution >= 0.6 is 15.9 Å². The zero-order valence-electron chi connectivity index (χ0n) is 10.6. The minimum Gasteiger partial charge on any atom is -0.476 e. The molecule has 0 bridgehead atoms. The molecule has 0 aliphatic heterocycles. The number of aromatic carboxylic acids is 1. The molecule has 7 heteroatoms. The Morgan fingerprint density at radius 1 is 1.19 bits per heavy atom. The summed E-state index contributed by atoms with van der Waals surface area (Å²) >= 11 is 3.39. The van der Waals surface area contributed by atoms with E-state index in [1.54, 1.807) is 24.5 Å². The molecule has 2 heterocycles. The first-order chi connectivity index (χ1) is 10.2. The van der Waals surface area contributed by atoms with Crippen molar-refractivity contribution in [2.45, 2.75) is 0 Å². The van der Waals surface area contributed by atoms with Crippen molar-refractivity contribution in [3.05, 3.63) is 59.0 Å². The Morgan fingerprint density at radius 3 is 2.62 bits per heavy atom. The Hall–Kier alpha value is -2.54. The topological polar surface area (TPSA) is 80.9 Å². The second-order valence-corrected chi connectivity index (χ2v) is 5.14. The summed E-state index contributed by atoms with van der Waals surface area (Å²) in [7, 11) is 0. The number of carbonyl (C=O) groups is 1. The number of halogens is 1. The number of rotatable bonds is 3. The molecule has 0 radical (unpaired) electrons. The van der Waals surface area contributed by atoms with Gasteiger partial charge in [-0.2, -0.15) is 0 Å². The summed E-state index contributed by atoms with van der Waals surface area (Å²) in [5, 5.41) is 17.0. The number of nitrogens with zero attached hydrogens (tertiary/aromatic N) is 4. The van der Waals surface area contributed by atoms with Crippen LogP contribution < -0.4 is 0 Å². The van der Waals surface area contributed by atoms with Gasteiger partial charge in [-0.3, -0.25) is 4.98 Å². The lowest BCUT2D eigenvalue weighted by Gasteiger charge is -2.07. The zero-order valence-corrected chi connectivity index (χ0v) is 12.2. The van der Waals surface area contributed by atoms with Gasteiger partial charge in [-0.25, -0.2) is 9.48 Å².